The smallest absolute Gasteiger partial charge is 0.416 e. The minimum Gasteiger partial charge on any atom is -0.478 e. The number of halogens is 3. The second-order valence-corrected chi connectivity index (χ2v) is 9.05. The average Bonchev–Trinajstić information content (AvgIpc) is 3.21. The number of carbonyl (C=O) groups is 1. The number of ether oxygens (including phenoxy) is 2. The van der Waals surface area contributed by atoms with Gasteiger partial charge >= 0.3 is 12.1 Å². The summed E-state index contributed by atoms with van der Waals surface area (Å²) in [7, 11) is 0. The number of carboxylic acid groups (broad SMARTS) is 1. The van der Waals surface area contributed by atoms with Crippen molar-refractivity contribution in [2.45, 2.75) is 71.1 Å². The summed E-state index contributed by atoms with van der Waals surface area (Å²) in [6.45, 7) is 3.86. The van der Waals surface area contributed by atoms with E-state index in [1.807, 2.05) is 6.07 Å². The summed E-state index contributed by atoms with van der Waals surface area (Å²) < 4.78 is 56.9. The minimum absolute atomic E-state index is 0.0648. The maximum Gasteiger partial charge on any atom is 0.416 e. The molecule has 3 aromatic rings. The Bertz CT molecular complexity index is 1220. The second-order valence-electron chi connectivity index (χ2n) is 9.05. The molecule has 2 unspecified atom stereocenters. The molecule has 0 bridgehead atoms. The highest BCUT2D eigenvalue weighted by Gasteiger charge is 2.31. The first-order valence-corrected chi connectivity index (χ1v) is 11.8. The van der Waals surface area contributed by atoms with E-state index in [1.54, 1.807) is 26.0 Å². The highest BCUT2D eigenvalue weighted by Crippen LogP contribution is 2.33. The Kier molecular flexibility index (Phi) is 7.80. The Morgan fingerprint density at radius 1 is 1.08 bits per heavy atom. The number of benzene rings is 2. The van der Waals surface area contributed by atoms with Gasteiger partial charge in [0.05, 0.1) is 36.5 Å². The molecule has 192 valence electrons. The van der Waals surface area contributed by atoms with Gasteiger partial charge in [0.15, 0.2) is 0 Å². The Balaban J connectivity index is 1.35. The molecule has 36 heavy (non-hydrogen) atoms. The third-order valence-corrected chi connectivity index (χ3v) is 6.41. The van der Waals surface area contributed by atoms with Gasteiger partial charge in [-0.1, -0.05) is 24.3 Å². The molecule has 2 aromatic carbocycles. The lowest BCUT2D eigenvalue weighted by Gasteiger charge is -2.29. The van der Waals surface area contributed by atoms with E-state index in [0.717, 1.165) is 31.4 Å². The van der Waals surface area contributed by atoms with Crippen molar-refractivity contribution in [3.8, 4) is 11.5 Å². The van der Waals surface area contributed by atoms with Gasteiger partial charge in [0, 0.05) is 5.56 Å². The number of hydrogen-bond acceptors (Lipinski definition) is 5. The Labute approximate surface area is 207 Å². The molecule has 0 aliphatic heterocycles. The standard InChI is InChI=1S/C27H28F3NO5/c1-16-6-3-8-19(24(16)26(32)33)14-34-21-10-5-11-22(13-21)35-15-23-17(2)36-25(31-23)18-7-4-9-20(12-18)27(28,29)30/h3-4,6-9,12,21-22H,5,10-11,13-15H2,1-2H3,(H,32,33). The zero-order valence-corrected chi connectivity index (χ0v) is 20.1. The molecule has 2 atom stereocenters. The molecule has 0 amide bonds. The van der Waals surface area contributed by atoms with Crippen LogP contribution in [0.25, 0.3) is 11.5 Å². The van der Waals surface area contributed by atoms with E-state index in [-0.39, 0.29) is 42.4 Å². The van der Waals surface area contributed by atoms with Crippen LogP contribution in [-0.2, 0) is 28.9 Å². The minimum atomic E-state index is -4.45. The Morgan fingerprint density at radius 3 is 2.47 bits per heavy atom. The molecule has 4 rings (SSSR count). The monoisotopic (exact) mass is 503 g/mol. The van der Waals surface area contributed by atoms with Gasteiger partial charge in [-0.15, -0.1) is 0 Å². The maximum absolute atomic E-state index is 13.0. The number of nitrogens with zero attached hydrogens (tertiary/aromatic N) is 1. The van der Waals surface area contributed by atoms with Crippen molar-refractivity contribution in [1.82, 2.24) is 4.98 Å². The van der Waals surface area contributed by atoms with Crippen molar-refractivity contribution >= 4 is 5.97 Å². The summed E-state index contributed by atoms with van der Waals surface area (Å²) in [5.41, 5.74) is 1.65. The van der Waals surface area contributed by atoms with Crippen LogP contribution in [0.4, 0.5) is 13.2 Å². The third-order valence-electron chi connectivity index (χ3n) is 6.41. The van der Waals surface area contributed by atoms with Crippen LogP contribution in [0.15, 0.2) is 46.9 Å². The van der Waals surface area contributed by atoms with Crippen LogP contribution in [0, 0.1) is 13.8 Å². The van der Waals surface area contributed by atoms with Gasteiger partial charge in [0.1, 0.15) is 11.5 Å². The van der Waals surface area contributed by atoms with Gasteiger partial charge in [-0.05, 0) is 68.9 Å². The van der Waals surface area contributed by atoms with Gasteiger partial charge in [0.25, 0.3) is 0 Å². The fourth-order valence-electron chi connectivity index (χ4n) is 4.48. The molecule has 9 heteroatoms. The van der Waals surface area contributed by atoms with E-state index in [9.17, 15) is 23.1 Å². The van der Waals surface area contributed by atoms with E-state index < -0.39 is 17.7 Å². The molecule has 0 spiro atoms. The van der Waals surface area contributed by atoms with E-state index in [2.05, 4.69) is 4.98 Å². The molecule has 1 N–H and O–H groups in total. The molecule has 1 aliphatic rings. The number of oxazole rings is 1. The first-order chi connectivity index (χ1) is 17.1. The molecular weight excluding hydrogens is 475 g/mol. The average molecular weight is 504 g/mol. The quantitative estimate of drug-likeness (QED) is 0.368. The van der Waals surface area contributed by atoms with Crippen molar-refractivity contribution in [3.05, 3.63) is 76.2 Å². The van der Waals surface area contributed by atoms with E-state index in [4.69, 9.17) is 13.9 Å². The predicted molar refractivity (Wildman–Crippen MR) is 125 cm³/mol. The molecule has 6 nitrogen and oxygen atoms in total. The normalized spacial score (nSPS) is 18.4. The number of aryl methyl sites for hydroxylation is 2. The number of alkyl halides is 3. The summed E-state index contributed by atoms with van der Waals surface area (Å²) in [6.07, 6.45) is -1.32. The van der Waals surface area contributed by atoms with E-state index in [0.29, 0.717) is 29.0 Å². The predicted octanol–water partition coefficient (Wildman–Crippen LogP) is 6.72. The van der Waals surface area contributed by atoms with Gasteiger partial charge in [-0.25, -0.2) is 9.78 Å². The van der Waals surface area contributed by atoms with Crippen LogP contribution in [0.5, 0.6) is 0 Å². The van der Waals surface area contributed by atoms with Crippen molar-refractivity contribution in [1.29, 1.82) is 0 Å². The summed E-state index contributed by atoms with van der Waals surface area (Å²) in [5, 5.41) is 9.51. The number of carboxylic acids is 1. The van der Waals surface area contributed by atoms with Crippen molar-refractivity contribution in [2.24, 2.45) is 0 Å². The zero-order chi connectivity index (χ0) is 25.9. The van der Waals surface area contributed by atoms with Gasteiger partial charge in [-0.2, -0.15) is 13.2 Å². The molecule has 0 radical (unpaired) electrons. The molecule has 0 saturated heterocycles. The lowest BCUT2D eigenvalue weighted by atomic mass is 9.94. The van der Waals surface area contributed by atoms with Crippen molar-refractivity contribution in [2.75, 3.05) is 0 Å². The van der Waals surface area contributed by atoms with E-state index >= 15 is 0 Å². The van der Waals surface area contributed by atoms with Gasteiger partial charge in [0.2, 0.25) is 5.89 Å². The van der Waals surface area contributed by atoms with Crippen LogP contribution < -0.4 is 0 Å². The third kappa shape index (κ3) is 6.14. The van der Waals surface area contributed by atoms with Crippen LogP contribution in [-0.4, -0.2) is 28.3 Å². The Morgan fingerprint density at radius 2 is 1.78 bits per heavy atom. The molecule has 1 fully saturated rings. The Hall–Kier alpha value is -3.17. The maximum atomic E-state index is 13.0. The van der Waals surface area contributed by atoms with Gasteiger partial charge < -0.3 is 19.0 Å². The number of aromatic nitrogens is 1. The lowest BCUT2D eigenvalue weighted by molar-refractivity contribution is -0.137. The van der Waals surface area contributed by atoms with Gasteiger partial charge in [-0.3, -0.25) is 0 Å². The molecular formula is C27H28F3NO5. The highest BCUT2D eigenvalue weighted by atomic mass is 19.4. The van der Waals surface area contributed by atoms with Crippen LogP contribution in [0.1, 0.15) is 64.2 Å². The SMILES string of the molecule is Cc1cccc(COC2CCCC(OCc3nc(-c4cccc(C(F)(F)F)c4)oc3C)C2)c1C(=O)O. The topological polar surface area (TPSA) is 81.8 Å². The van der Waals surface area contributed by atoms with Crippen LogP contribution in [0.2, 0.25) is 0 Å². The van der Waals surface area contributed by atoms with Crippen molar-refractivity contribution < 1.29 is 37.0 Å². The largest absolute Gasteiger partial charge is 0.478 e. The zero-order valence-electron chi connectivity index (χ0n) is 20.1. The summed E-state index contributed by atoms with van der Waals surface area (Å²) in [6, 6.07) is 10.2. The fraction of sp³-hybridized carbons (Fsp3) is 0.407. The number of aromatic carboxylic acids is 1. The first-order valence-electron chi connectivity index (χ1n) is 11.8. The number of hydrogen-bond donors (Lipinski definition) is 1. The van der Waals surface area contributed by atoms with Crippen molar-refractivity contribution in [3.63, 3.8) is 0 Å². The van der Waals surface area contributed by atoms with E-state index in [1.165, 1.54) is 12.1 Å². The fourth-order valence-corrected chi connectivity index (χ4v) is 4.48. The summed E-state index contributed by atoms with van der Waals surface area (Å²) >= 11 is 0. The summed E-state index contributed by atoms with van der Waals surface area (Å²) in [5.74, 6) is -0.356. The molecule has 1 aromatic heterocycles. The molecule has 1 heterocycles. The second kappa shape index (κ2) is 10.8. The first kappa shape index (κ1) is 25.9. The van der Waals surface area contributed by atoms with Crippen LogP contribution >= 0.6 is 0 Å². The number of rotatable bonds is 8. The highest BCUT2D eigenvalue weighted by molar-refractivity contribution is 5.91. The van der Waals surface area contributed by atoms with Crippen LogP contribution in [0.3, 0.4) is 0 Å². The molecule has 1 saturated carbocycles. The lowest BCUT2D eigenvalue weighted by Crippen LogP contribution is -2.28. The molecule has 1 aliphatic carbocycles. The summed E-state index contributed by atoms with van der Waals surface area (Å²) in [4.78, 5) is 16.0.